The fourth-order valence-electron chi connectivity index (χ4n) is 5.44. The third-order valence-corrected chi connectivity index (χ3v) is 8.78. The van der Waals surface area contributed by atoms with Crippen molar-refractivity contribution in [2.45, 2.75) is 65.2 Å². The Labute approximate surface area is 243 Å². The molecule has 0 atom stereocenters. The van der Waals surface area contributed by atoms with Gasteiger partial charge in [-0.1, -0.05) is 61.5 Å². The third-order valence-electron chi connectivity index (χ3n) is 7.82. The molecule has 41 heavy (non-hydrogen) atoms. The lowest BCUT2D eigenvalue weighted by Crippen LogP contribution is -2.28. The molecule has 0 amide bonds. The van der Waals surface area contributed by atoms with E-state index in [1.807, 2.05) is 42.6 Å². The maximum atomic E-state index is 12.7. The predicted octanol–water partition coefficient (Wildman–Crippen LogP) is 6.45. The lowest BCUT2D eigenvalue weighted by Gasteiger charge is -2.24. The van der Waals surface area contributed by atoms with E-state index in [1.54, 1.807) is 18.3 Å². The fourth-order valence-corrected chi connectivity index (χ4v) is 6.42. The van der Waals surface area contributed by atoms with Crippen LogP contribution < -0.4 is 4.90 Å². The Hall–Kier alpha value is -3.85. The van der Waals surface area contributed by atoms with E-state index >= 15 is 0 Å². The minimum atomic E-state index is -0.134. The van der Waals surface area contributed by atoms with E-state index in [-0.39, 0.29) is 28.8 Å². The van der Waals surface area contributed by atoms with Crippen LogP contribution in [0.5, 0.6) is 0 Å². The minimum absolute atomic E-state index is 0.101. The number of aromatic nitrogens is 4. The van der Waals surface area contributed by atoms with Gasteiger partial charge in [0.2, 0.25) is 0 Å². The Bertz CT molecular complexity index is 1750. The van der Waals surface area contributed by atoms with Crippen LogP contribution in [0.1, 0.15) is 64.0 Å². The first-order valence-electron chi connectivity index (χ1n) is 14.0. The summed E-state index contributed by atoms with van der Waals surface area (Å²) >= 11 is 1.57. The Morgan fingerprint density at radius 3 is 2.49 bits per heavy atom. The van der Waals surface area contributed by atoms with Gasteiger partial charge in [-0.3, -0.25) is 9.20 Å². The zero-order valence-corrected chi connectivity index (χ0v) is 25.0. The van der Waals surface area contributed by atoms with Gasteiger partial charge < -0.3 is 14.2 Å². The van der Waals surface area contributed by atoms with Crippen LogP contribution in [0, 0.1) is 5.41 Å². The highest BCUT2D eigenvalue weighted by Crippen LogP contribution is 2.49. The summed E-state index contributed by atoms with van der Waals surface area (Å²) in [5.74, 6) is 2.06. The summed E-state index contributed by atoms with van der Waals surface area (Å²) in [5.41, 5.74) is 4.53. The molecule has 0 unspecified atom stereocenters. The number of hydrogen-bond acceptors (Lipinski definition) is 8. The van der Waals surface area contributed by atoms with E-state index < -0.39 is 0 Å². The van der Waals surface area contributed by atoms with Crippen molar-refractivity contribution in [1.29, 1.82) is 0 Å². The van der Waals surface area contributed by atoms with E-state index in [9.17, 15) is 9.59 Å². The number of fused-ring (bicyclic) bond motifs is 3. The molecule has 4 heterocycles. The molecular weight excluding hydrogens is 534 g/mol. The molecule has 212 valence electrons. The summed E-state index contributed by atoms with van der Waals surface area (Å²) in [6.45, 7) is 8.70. The number of hydrogen-bond donors (Lipinski definition) is 0. The smallest absolute Gasteiger partial charge is 0.196 e. The van der Waals surface area contributed by atoms with Gasteiger partial charge in [0, 0.05) is 49.7 Å². The molecule has 1 fully saturated rings. The third kappa shape index (κ3) is 5.81. The number of Topliss-reactive ketones (excluding diaryl/α,β-unsaturated/α-hetero) is 2. The fraction of sp³-hybridized carbons (Fsp3) is 0.406. The molecule has 1 aliphatic rings. The number of nitrogens with zero attached hydrogens (tertiary/aromatic N) is 5. The van der Waals surface area contributed by atoms with Crippen molar-refractivity contribution < 1.29 is 14.1 Å². The van der Waals surface area contributed by atoms with Crippen molar-refractivity contribution >= 4 is 44.0 Å². The molecule has 1 saturated carbocycles. The van der Waals surface area contributed by atoms with Crippen LogP contribution in [0.15, 0.2) is 53.2 Å². The average Bonchev–Trinajstić information content (AvgIpc) is 3.22. The molecule has 1 aromatic carbocycles. The highest BCUT2D eigenvalue weighted by atomic mass is 32.1. The first-order chi connectivity index (χ1) is 19.5. The van der Waals surface area contributed by atoms with Crippen LogP contribution in [-0.2, 0) is 27.8 Å². The first-order valence-corrected chi connectivity index (χ1v) is 14.9. The first kappa shape index (κ1) is 27.3. The molecule has 0 saturated heterocycles. The van der Waals surface area contributed by atoms with Crippen molar-refractivity contribution in [3.8, 4) is 11.3 Å². The van der Waals surface area contributed by atoms with Gasteiger partial charge in [0.15, 0.2) is 4.96 Å². The lowest BCUT2D eigenvalue weighted by molar-refractivity contribution is -0.118. The Morgan fingerprint density at radius 2 is 1.83 bits per heavy atom. The molecule has 0 spiro atoms. The Kier molecular flexibility index (Phi) is 6.80. The molecule has 0 bridgehead atoms. The van der Waals surface area contributed by atoms with Gasteiger partial charge in [0.25, 0.3) is 0 Å². The van der Waals surface area contributed by atoms with Crippen molar-refractivity contribution in [2.75, 3.05) is 18.5 Å². The van der Waals surface area contributed by atoms with Crippen LogP contribution in [0.25, 0.3) is 26.6 Å². The maximum absolute atomic E-state index is 12.7. The molecular formula is C32H35N5O3S. The van der Waals surface area contributed by atoms with Gasteiger partial charge in [-0.15, -0.1) is 0 Å². The van der Waals surface area contributed by atoms with Crippen LogP contribution in [-0.4, -0.2) is 44.7 Å². The number of ketones is 2. The number of carbonyl (C=O) groups excluding carboxylic acids is 2. The summed E-state index contributed by atoms with van der Waals surface area (Å²) in [7, 11) is 2.06. The summed E-state index contributed by atoms with van der Waals surface area (Å²) < 4.78 is 7.50. The van der Waals surface area contributed by atoms with Gasteiger partial charge >= 0.3 is 0 Å². The highest BCUT2D eigenvalue weighted by Gasteiger charge is 2.44. The van der Waals surface area contributed by atoms with E-state index in [1.165, 1.54) is 0 Å². The molecule has 0 N–H and O–H groups in total. The van der Waals surface area contributed by atoms with E-state index in [0.29, 0.717) is 18.5 Å². The van der Waals surface area contributed by atoms with Crippen molar-refractivity contribution in [2.24, 2.45) is 5.41 Å². The molecule has 0 aliphatic heterocycles. The van der Waals surface area contributed by atoms with E-state index in [2.05, 4.69) is 48.3 Å². The second-order valence-corrected chi connectivity index (χ2v) is 13.6. The largest absolute Gasteiger partial charge is 0.361 e. The molecule has 0 radical (unpaired) electrons. The summed E-state index contributed by atoms with van der Waals surface area (Å²) in [5, 5.41) is 4.07. The molecule has 5 aromatic rings. The number of anilines is 1. The van der Waals surface area contributed by atoms with Gasteiger partial charge in [0.1, 0.15) is 28.0 Å². The van der Waals surface area contributed by atoms with Crippen LogP contribution >= 0.6 is 11.3 Å². The Morgan fingerprint density at radius 1 is 1.07 bits per heavy atom. The molecule has 8 nitrogen and oxygen atoms in total. The second kappa shape index (κ2) is 10.2. The van der Waals surface area contributed by atoms with Crippen molar-refractivity contribution in [3.63, 3.8) is 0 Å². The molecule has 1 aliphatic carbocycles. The topological polar surface area (TPSA) is 93.6 Å². The molecule has 9 heteroatoms. The lowest BCUT2D eigenvalue weighted by atomic mass is 9.93. The number of imidazole rings is 1. The van der Waals surface area contributed by atoms with Crippen molar-refractivity contribution in [1.82, 2.24) is 19.5 Å². The van der Waals surface area contributed by atoms with E-state index in [4.69, 9.17) is 14.5 Å². The van der Waals surface area contributed by atoms with Gasteiger partial charge in [-0.05, 0) is 42.9 Å². The van der Waals surface area contributed by atoms with Gasteiger partial charge in [-0.25, -0.2) is 9.97 Å². The van der Waals surface area contributed by atoms with Crippen LogP contribution in [0.4, 0.5) is 5.82 Å². The zero-order chi connectivity index (χ0) is 28.9. The molecule has 4 aromatic heterocycles. The maximum Gasteiger partial charge on any atom is 0.196 e. The SMILES string of the molecule is CC(=O)CC1(CN(C)c2ccc3c(n2)sc2nc(-c4ccc(CC(=O)Cc5cc(C(C)(C)C)on5)cc4)cn23)CC1. The Balaban J connectivity index is 1.13. The predicted molar refractivity (Wildman–Crippen MR) is 162 cm³/mol. The van der Waals surface area contributed by atoms with Crippen LogP contribution in [0.2, 0.25) is 0 Å². The second-order valence-electron chi connectivity index (χ2n) is 12.6. The minimum Gasteiger partial charge on any atom is -0.361 e. The van der Waals surface area contributed by atoms with E-state index in [0.717, 1.165) is 63.1 Å². The average molecular weight is 570 g/mol. The number of carbonyl (C=O) groups is 2. The zero-order valence-electron chi connectivity index (χ0n) is 24.2. The summed E-state index contributed by atoms with van der Waals surface area (Å²) in [6.07, 6.45) is 5.51. The van der Waals surface area contributed by atoms with Crippen LogP contribution in [0.3, 0.4) is 0 Å². The number of thiazole rings is 1. The summed E-state index contributed by atoms with van der Waals surface area (Å²) in [6, 6.07) is 14.0. The number of benzene rings is 1. The highest BCUT2D eigenvalue weighted by molar-refractivity contribution is 7.23. The molecule has 6 rings (SSSR count). The number of pyridine rings is 1. The monoisotopic (exact) mass is 569 g/mol. The summed E-state index contributed by atoms with van der Waals surface area (Å²) in [4.78, 5) is 38.1. The quantitative estimate of drug-likeness (QED) is 0.191. The normalized spacial score (nSPS) is 14.6. The standard InChI is InChI=1S/C32H35N5O3S/c1-20(38)17-32(12-13-32)19-36(5)28-11-10-26-29(34-28)41-30-33-25(18-37(26)30)22-8-6-21(7-9-22)14-24(39)15-23-16-27(40-35-23)31(2,3)4/h6-11,16,18H,12-15,17,19H2,1-5H3. The number of rotatable bonds is 10. The van der Waals surface area contributed by atoms with Crippen molar-refractivity contribution in [3.05, 3.63) is 65.7 Å². The van der Waals surface area contributed by atoms with Gasteiger partial charge in [0.05, 0.1) is 23.3 Å². The van der Waals surface area contributed by atoms with Gasteiger partial charge in [-0.2, -0.15) is 0 Å².